The molecule has 0 saturated carbocycles. The quantitative estimate of drug-likeness (QED) is 0.616. The highest BCUT2D eigenvalue weighted by Crippen LogP contribution is 2.35. The molecule has 4 rings (SSSR count). The first kappa shape index (κ1) is 15.4. The Bertz CT molecular complexity index is 998. The fourth-order valence-electron chi connectivity index (χ4n) is 2.76. The Balaban J connectivity index is 2.08. The smallest absolute Gasteiger partial charge is 0.159 e. The van der Waals surface area contributed by atoms with Crippen LogP contribution in [-0.2, 0) is 6.54 Å². The first-order valence-electron chi connectivity index (χ1n) is 7.13. The lowest BCUT2D eigenvalue weighted by Crippen LogP contribution is -2.12. The Morgan fingerprint density at radius 1 is 1.25 bits per heavy atom. The lowest BCUT2D eigenvalue weighted by Gasteiger charge is -2.15. The highest BCUT2D eigenvalue weighted by atomic mass is 79.9. The summed E-state index contributed by atoms with van der Waals surface area (Å²) >= 11 is 9.96. The Morgan fingerprint density at radius 3 is 2.88 bits per heavy atom. The largest absolute Gasteiger partial charge is 0.281 e. The Kier molecular flexibility index (Phi) is 3.69. The Hall–Kier alpha value is -2.12. The third-order valence-electron chi connectivity index (χ3n) is 3.80. The van der Waals surface area contributed by atoms with Gasteiger partial charge in [-0.2, -0.15) is 0 Å². The number of halogens is 3. The van der Waals surface area contributed by atoms with Gasteiger partial charge in [0, 0.05) is 16.2 Å². The van der Waals surface area contributed by atoms with E-state index in [-0.39, 0.29) is 12.2 Å². The van der Waals surface area contributed by atoms with Crippen LogP contribution < -0.4 is 0 Å². The maximum Gasteiger partial charge on any atom is 0.159 e. The van der Waals surface area contributed by atoms with Gasteiger partial charge in [-0.3, -0.25) is 14.5 Å². The van der Waals surface area contributed by atoms with Gasteiger partial charge < -0.3 is 0 Å². The van der Waals surface area contributed by atoms with Gasteiger partial charge >= 0.3 is 0 Å². The zero-order valence-electron chi connectivity index (χ0n) is 12.5. The molecule has 120 valence electrons. The summed E-state index contributed by atoms with van der Waals surface area (Å²) in [7, 11) is 0. The third-order valence-corrected chi connectivity index (χ3v) is 5.09. The van der Waals surface area contributed by atoms with Crippen molar-refractivity contribution in [3.05, 3.63) is 68.7 Å². The van der Waals surface area contributed by atoms with Crippen LogP contribution in [0.25, 0.3) is 5.69 Å². The number of rotatable bonds is 1. The number of aromatic nitrogens is 4. The Morgan fingerprint density at radius 2 is 2.08 bits per heavy atom. The van der Waals surface area contributed by atoms with Gasteiger partial charge in [0.25, 0.3) is 0 Å². The second-order valence-corrected chi connectivity index (χ2v) is 6.49. The maximum absolute atomic E-state index is 14.3. The standard InChI is InChI=1S/C16H10BrClFN5/c1-8-22-23-12-7-21-16(15-10(19)3-2-6-20-15)13-11(24(8)12)5-4-9(17)14(13)18/h2-6H,7H2,1H3. The molecule has 5 nitrogen and oxygen atoms in total. The average molecular weight is 407 g/mol. The van der Waals surface area contributed by atoms with Crippen LogP contribution in [0.15, 0.2) is 39.9 Å². The van der Waals surface area contributed by atoms with Crippen molar-refractivity contribution in [1.82, 2.24) is 19.7 Å². The summed E-state index contributed by atoms with van der Waals surface area (Å²) in [6, 6.07) is 6.61. The molecule has 1 aliphatic rings. The van der Waals surface area contributed by atoms with Gasteiger partial charge in [-0.25, -0.2) is 4.39 Å². The van der Waals surface area contributed by atoms with Crippen molar-refractivity contribution < 1.29 is 4.39 Å². The number of aryl methyl sites for hydroxylation is 1. The van der Waals surface area contributed by atoms with Gasteiger partial charge in [-0.1, -0.05) is 11.6 Å². The molecule has 0 spiro atoms. The van der Waals surface area contributed by atoms with Gasteiger partial charge in [0.15, 0.2) is 11.6 Å². The summed E-state index contributed by atoms with van der Waals surface area (Å²) in [6.07, 6.45) is 1.53. The van der Waals surface area contributed by atoms with E-state index in [4.69, 9.17) is 11.6 Å². The van der Waals surface area contributed by atoms with Crippen molar-refractivity contribution in [2.75, 3.05) is 0 Å². The van der Waals surface area contributed by atoms with Crippen LogP contribution >= 0.6 is 27.5 Å². The lowest BCUT2D eigenvalue weighted by molar-refractivity contribution is 0.618. The maximum atomic E-state index is 14.3. The van der Waals surface area contributed by atoms with Crippen LogP contribution in [0.5, 0.6) is 0 Å². The Labute approximate surface area is 150 Å². The minimum Gasteiger partial charge on any atom is -0.281 e. The molecular weight excluding hydrogens is 397 g/mol. The van der Waals surface area contributed by atoms with E-state index in [1.54, 1.807) is 6.07 Å². The van der Waals surface area contributed by atoms with Crippen LogP contribution in [0.2, 0.25) is 5.02 Å². The van der Waals surface area contributed by atoms with E-state index in [9.17, 15) is 4.39 Å². The van der Waals surface area contributed by atoms with Crippen molar-refractivity contribution in [3.63, 3.8) is 0 Å². The fourth-order valence-corrected chi connectivity index (χ4v) is 3.34. The molecule has 0 radical (unpaired) electrons. The van der Waals surface area contributed by atoms with Gasteiger partial charge in [0.1, 0.15) is 18.1 Å². The predicted molar refractivity (Wildman–Crippen MR) is 92.3 cm³/mol. The number of pyridine rings is 1. The molecule has 8 heteroatoms. The molecule has 0 unspecified atom stereocenters. The summed E-state index contributed by atoms with van der Waals surface area (Å²) in [5.41, 5.74) is 1.92. The molecular formula is C16H10BrClFN5. The topological polar surface area (TPSA) is 56.0 Å². The molecule has 0 atom stereocenters. The highest BCUT2D eigenvalue weighted by Gasteiger charge is 2.26. The number of benzene rings is 1. The van der Waals surface area contributed by atoms with Gasteiger partial charge in [-0.15, -0.1) is 10.2 Å². The second-order valence-electron chi connectivity index (χ2n) is 5.25. The fraction of sp³-hybridized carbons (Fsp3) is 0.125. The average Bonchev–Trinajstić information content (AvgIpc) is 2.85. The number of fused-ring (bicyclic) bond motifs is 3. The van der Waals surface area contributed by atoms with Gasteiger partial charge in [-0.05, 0) is 47.1 Å². The molecule has 24 heavy (non-hydrogen) atoms. The number of nitrogens with zero attached hydrogens (tertiary/aromatic N) is 5. The van der Waals surface area contributed by atoms with Crippen LogP contribution in [0.3, 0.4) is 0 Å². The van der Waals surface area contributed by atoms with E-state index >= 15 is 0 Å². The summed E-state index contributed by atoms with van der Waals surface area (Å²) in [6.45, 7) is 2.11. The lowest BCUT2D eigenvalue weighted by atomic mass is 10.0. The van der Waals surface area contributed by atoms with Crippen LogP contribution in [-0.4, -0.2) is 25.5 Å². The van der Waals surface area contributed by atoms with Crippen LogP contribution in [0.1, 0.15) is 22.9 Å². The summed E-state index contributed by atoms with van der Waals surface area (Å²) in [4.78, 5) is 8.70. The van der Waals surface area contributed by atoms with Crippen molar-refractivity contribution in [1.29, 1.82) is 0 Å². The molecule has 2 aromatic heterocycles. The van der Waals surface area contributed by atoms with Crippen molar-refractivity contribution in [3.8, 4) is 5.69 Å². The van der Waals surface area contributed by atoms with E-state index in [0.717, 1.165) is 5.69 Å². The van der Waals surface area contributed by atoms with E-state index in [2.05, 4.69) is 36.1 Å². The summed E-state index contributed by atoms with van der Waals surface area (Å²) in [5, 5.41) is 8.70. The molecule has 0 aliphatic carbocycles. The monoisotopic (exact) mass is 405 g/mol. The van der Waals surface area contributed by atoms with Crippen LogP contribution in [0, 0.1) is 12.7 Å². The van der Waals surface area contributed by atoms with Crippen molar-refractivity contribution in [2.45, 2.75) is 13.5 Å². The second kappa shape index (κ2) is 5.75. The van der Waals surface area contributed by atoms with E-state index in [0.29, 0.717) is 32.4 Å². The minimum absolute atomic E-state index is 0.162. The highest BCUT2D eigenvalue weighted by molar-refractivity contribution is 9.10. The molecule has 0 bridgehead atoms. The normalized spacial score (nSPS) is 13.1. The zero-order valence-corrected chi connectivity index (χ0v) is 14.8. The number of hydrogen-bond acceptors (Lipinski definition) is 4. The molecule has 3 aromatic rings. The van der Waals surface area contributed by atoms with Gasteiger partial charge in [0.2, 0.25) is 0 Å². The van der Waals surface area contributed by atoms with Crippen molar-refractivity contribution in [2.24, 2.45) is 4.99 Å². The van der Waals surface area contributed by atoms with E-state index < -0.39 is 5.82 Å². The van der Waals surface area contributed by atoms with Crippen LogP contribution in [0.4, 0.5) is 4.39 Å². The molecule has 0 amide bonds. The number of hydrogen-bond donors (Lipinski definition) is 0. The molecule has 3 heterocycles. The summed E-state index contributed by atoms with van der Waals surface area (Å²) < 4.78 is 16.9. The first-order valence-corrected chi connectivity index (χ1v) is 8.30. The van der Waals surface area contributed by atoms with E-state index in [1.807, 2.05) is 23.6 Å². The van der Waals surface area contributed by atoms with E-state index in [1.165, 1.54) is 12.3 Å². The van der Waals surface area contributed by atoms with Crippen molar-refractivity contribution >= 4 is 33.2 Å². The minimum atomic E-state index is -0.451. The number of aliphatic imine (C=N–C) groups is 1. The SMILES string of the molecule is Cc1nnc2n1-c1ccc(Br)c(Cl)c1C(c1ncccc1F)=NC2. The first-order chi connectivity index (χ1) is 11.6. The molecule has 0 saturated heterocycles. The third kappa shape index (κ3) is 2.27. The molecule has 1 aliphatic heterocycles. The zero-order chi connectivity index (χ0) is 16.8. The molecule has 1 aromatic carbocycles. The molecule has 0 fully saturated rings. The molecule has 0 N–H and O–H groups in total. The summed E-state index contributed by atoms with van der Waals surface area (Å²) in [5.74, 6) is 0.925. The van der Waals surface area contributed by atoms with Gasteiger partial charge in [0.05, 0.1) is 16.4 Å². The predicted octanol–water partition coefficient (Wildman–Crippen LogP) is 3.88.